The zero-order valence-corrected chi connectivity index (χ0v) is 14.8. The van der Waals surface area contributed by atoms with Gasteiger partial charge in [0.15, 0.2) is 5.13 Å². The summed E-state index contributed by atoms with van der Waals surface area (Å²) in [7, 11) is 3.28. The summed E-state index contributed by atoms with van der Waals surface area (Å²) >= 11 is 1.30. The van der Waals surface area contributed by atoms with E-state index in [0.29, 0.717) is 10.6 Å². The minimum atomic E-state index is -0.367. The van der Waals surface area contributed by atoms with Crippen LogP contribution < -0.4 is 10.1 Å². The predicted molar refractivity (Wildman–Crippen MR) is 98.4 cm³/mol. The molecule has 9 heteroatoms. The summed E-state index contributed by atoms with van der Waals surface area (Å²) in [5.74, 6) is 0.598. The number of amides is 1. The maximum Gasteiger partial charge on any atom is 0.294 e. The number of methoxy groups -OCH3 is 1. The second-order valence-electron chi connectivity index (χ2n) is 5.40. The Balaban J connectivity index is 1.66. The average molecular weight is 366 g/mol. The lowest BCUT2D eigenvalue weighted by molar-refractivity contribution is 0.101. The molecule has 1 N–H and O–H groups in total. The molecule has 0 unspecified atom stereocenters. The molecule has 0 saturated heterocycles. The number of hydrogen-bond acceptors (Lipinski definition) is 7. The van der Waals surface area contributed by atoms with Gasteiger partial charge in [0, 0.05) is 12.6 Å². The van der Waals surface area contributed by atoms with Crippen molar-refractivity contribution >= 4 is 32.7 Å². The van der Waals surface area contributed by atoms with Crippen molar-refractivity contribution in [2.75, 3.05) is 12.4 Å². The number of nitrogens with zero attached hydrogens (tertiary/aromatic N) is 5. The largest absolute Gasteiger partial charge is 0.496 e. The van der Waals surface area contributed by atoms with E-state index in [2.05, 4.69) is 25.4 Å². The summed E-state index contributed by atoms with van der Waals surface area (Å²) in [6, 6.07) is 11.4. The van der Waals surface area contributed by atoms with Crippen molar-refractivity contribution < 1.29 is 9.53 Å². The Morgan fingerprint density at radius 2 is 2.04 bits per heavy atom. The van der Waals surface area contributed by atoms with Crippen LogP contribution in [0.4, 0.5) is 5.13 Å². The zero-order chi connectivity index (χ0) is 18.1. The molecule has 0 aliphatic heterocycles. The van der Waals surface area contributed by atoms with Crippen LogP contribution in [-0.2, 0) is 7.05 Å². The van der Waals surface area contributed by atoms with Gasteiger partial charge >= 0.3 is 0 Å². The van der Waals surface area contributed by atoms with Crippen LogP contribution in [0.15, 0.2) is 42.7 Å². The van der Waals surface area contributed by atoms with Crippen LogP contribution in [0.25, 0.3) is 21.6 Å². The van der Waals surface area contributed by atoms with E-state index in [-0.39, 0.29) is 11.7 Å². The van der Waals surface area contributed by atoms with E-state index >= 15 is 0 Å². The van der Waals surface area contributed by atoms with E-state index in [1.807, 2.05) is 36.4 Å². The number of benzene rings is 1. The van der Waals surface area contributed by atoms with Gasteiger partial charge < -0.3 is 4.74 Å². The van der Waals surface area contributed by atoms with Gasteiger partial charge in [0.25, 0.3) is 5.91 Å². The fourth-order valence-electron chi connectivity index (χ4n) is 2.53. The maximum atomic E-state index is 12.2. The van der Waals surface area contributed by atoms with Crippen LogP contribution >= 0.6 is 11.3 Å². The van der Waals surface area contributed by atoms with Crippen LogP contribution in [0.1, 0.15) is 10.6 Å². The monoisotopic (exact) mass is 366 g/mol. The van der Waals surface area contributed by atoms with Gasteiger partial charge in [0.05, 0.1) is 12.8 Å². The van der Waals surface area contributed by atoms with Crippen LogP contribution in [-0.4, -0.2) is 37.7 Å². The first kappa shape index (κ1) is 16.2. The summed E-state index contributed by atoms with van der Waals surface area (Å²) in [5, 5.41) is 7.08. The summed E-state index contributed by atoms with van der Waals surface area (Å²) in [4.78, 5) is 25.9. The van der Waals surface area contributed by atoms with E-state index < -0.39 is 0 Å². The van der Waals surface area contributed by atoms with E-state index in [1.165, 1.54) is 22.3 Å². The molecule has 0 aliphatic rings. The van der Waals surface area contributed by atoms with E-state index in [9.17, 15) is 4.79 Å². The van der Waals surface area contributed by atoms with Gasteiger partial charge in [-0.15, -0.1) is 0 Å². The van der Waals surface area contributed by atoms with Gasteiger partial charge in [-0.05, 0) is 24.3 Å². The molecule has 3 heterocycles. The van der Waals surface area contributed by atoms with Gasteiger partial charge in [-0.2, -0.15) is 5.10 Å². The fourth-order valence-corrected chi connectivity index (χ4v) is 3.36. The Hall–Kier alpha value is -3.33. The normalized spacial score (nSPS) is 10.8. The van der Waals surface area contributed by atoms with Crippen molar-refractivity contribution in [1.29, 1.82) is 0 Å². The molecule has 0 aliphatic carbocycles. The van der Waals surface area contributed by atoms with E-state index in [0.717, 1.165) is 21.8 Å². The number of aromatic nitrogens is 5. The van der Waals surface area contributed by atoms with Crippen LogP contribution in [0.5, 0.6) is 5.75 Å². The van der Waals surface area contributed by atoms with Gasteiger partial charge in [-0.25, -0.2) is 19.6 Å². The molecule has 4 rings (SSSR count). The molecule has 0 saturated carbocycles. The Morgan fingerprint density at radius 1 is 1.19 bits per heavy atom. The molecule has 130 valence electrons. The Kier molecular flexibility index (Phi) is 4.05. The van der Waals surface area contributed by atoms with E-state index in [4.69, 9.17) is 4.74 Å². The highest BCUT2D eigenvalue weighted by Gasteiger charge is 2.15. The molecule has 0 fully saturated rings. The van der Waals surface area contributed by atoms with Crippen molar-refractivity contribution in [2.45, 2.75) is 0 Å². The lowest BCUT2D eigenvalue weighted by Gasteiger charge is -2.06. The maximum absolute atomic E-state index is 12.2. The highest BCUT2D eigenvalue weighted by Crippen LogP contribution is 2.31. The quantitative estimate of drug-likeness (QED) is 0.597. The van der Waals surface area contributed by atoms with Gasteiger partial charge in [0.1, 0.15) is 22.4 Å². The highest BCUT2D eigenvalue weighted by atomic mass is 32.1. The molecular formula is C17H14N6O2S. The zero-order valence-electron chi connectivity index (χ0n) is 14.0. The predicted octanol–water partition coefficient (Wildman–Crippen LogP) is 2.75. The second kappa shape index (κ2) is 6.52. The molecule has 8 nitrogen and oxygen atoms in total. The third-order valence-corrected chi connectivity index (χ3v) is 4.65. The van der Waals surface area contributed by atoms with Crippen molar-refractivity contribution in [1.82, 2.24) is 24.7 Å². The summed E-state index contributed by atoms with van der Waals surface area (Å²) in [5.41, 5.74) is 2.39. The highest BCUT2D eigenvalue weighted by molar-refractivity contribution is 7.22. The minimum Gasteiger partial charge on any atom is -0.496 e. The summed E-state index contributed by atoms with van der Waals surface area (Å²) in [6.45, 7) is 0. The van der Waals surface area contributed by atoms with Crippen LogP contribution in [0.2, 0.25) is 0 Å². The minimum absolute atomic E-state index is 0.215. The number of rotatable bonds is 4. The molecule has 0 radical (unpaired) electrons. The number of fused-ring (bicyclic) bond motifs is 1. The molecule has 1 aromatic carbocycles. The molecule has 0 bridgehead atoms. The number of carbonyl (C=O) groups is 1. The third kappa shape index (κ3) is 2.88. The summed E-state index contributed by atoms with van der Waals surface area (Å²) in [6.07, 6.45) is 1.33. The first-order chi connectivity index (χ1) is 12.7. The third-order valence-electron chi connectivity index (χ3n) is 3.77. The van der Waals surface area contributed by atoms with Crippen molar-refractivity contribution in [3.05, 3.63) is 48.5 Å². The Bertz CT molecular complexity index is 1100. The second-order valence-corrected chi connectivity index (χ2v) is 6.38. The van der Waals surface area contributed by atoms with Gasteiger partial charge in [-0.3, -0.25) is 10.1 Å². The number of para-hydroxylation sites is 1. The number of ether oxygens (including phenoxy) is 1. The smallest absolute Gasteiger partial charge is 0.294 e. The van der Waals surface area contributed by atoms with Crippen molar-refractivity contribution in [3.63, 3.8) is 0 Å². The molecular weight excluding hydrogens is 352 g/mol. The number of carbonyl (C=O) groups excluding carboxylic acids is 1. The molecule has 0 atom stereocenters. The van der Waals surface area contributed by atoms with Crippen molar-refractivity contribution in [2.24, 2.45) is 7.05 Å². The molecule has 0 spiro atoms. The molecule has 26 heavy (non-hydrogen) atoms. The topological polar surface area (TPSA) is 94.8 Å². The Morgan fingerprint density at radius 3 is 2.81 bits per heavy atom. The fraction of sp³-hybridized carbons (Fsp3) is 0.118. The summed E-state index contributed by atoms with van der Waals surface area (Å²) < 4.78 is 6.80. The van der Waals surface area contributed by atoms with Gasteiger partial charge in [0.2, 0.25) is 5.82 Å². The van der Waals surface area contributed by atoms with Crippen LogP contribution in [0.3, 0.4) is 0 Å². The standard InChI is InChI=1S/C17H14N6O2S/c1-23-14(18-9-19-23)15(24)22-17-21-12-8-7-11(20-16(12)26-17)10-5-3-4-6-13(10)25-2/h3-9H,1-2H3,(H,21,22,24). The number of thiazole rings is 1. The molecule has 3 aromatic heterocycles. The number of anilines is 1. The van der Waals surface area contributed by atoms with Crippen molar-refractivity contribution in [3.8, 4) is 17.0 Å². The number of aryl methyl sites for hydroxylation is 1. The Labute approximate surface area is 152 Å². The first-order valence-corrected chi connectivity index (χ1v) is 8.53. The number of nitrogens with one attached hydrogen (secondary N) is 1. The molecule has 1 amide bonds. The molecule has 4 aromatic rings. The van der Waals surface area contributed by atoms with Gasteiger partial charge in [-0.1, -0.05) is 23.5 Å². The average Bonchev–Trinajstić information content (AvgIpc) is 3.26. The lowest BCUT2D eigenvalue weighted by atomic mass is 10.1. The lowest BCUT2D eigenvalue weighted by Crippen LogP contribution is -2.17. The number of hydrogen-bond donors (Lipinski definition) is 1. The van der Waals surface area contributed by atoms with Crippen LogP contribution in [0, 0.1) is 0 Å². The van der Waals surface area contributed by atoms with E-state index in [1.54, 1.807) is 14.2 Å². The number of pyridine rings is 1. The SMILES string of the molecule is COc1ccccc1-c1ccc2nc(NC(=O)c3ncnn3C)sc2n1. The first-order valence-electron chi connectivity index (χ1n) is 7.72.